The number of aromatic nitrogens is 2. The average Bonchev–Trinajstić information content (AvgIpc) is 2.49. The van der Waals surface area contributed by atoms with Crippen molar-refractivity contribution < 1.29 is 0 Å². The monoisotopic (exact) mass is 201 g/mol. The molecule has 15 heavy (non-hydrogen) atoms. The third-order valence-electron chi connectivity index (χ3n) is 2.51. The van der Waals surface area contributed by atoms with Gasteiger partial charge < -0.3 is 5.73 Å². The Hall–Kier alpha value is -1.77. The zero-order valence-corrected chi connectivity index (χ0v) is 9.07. The Morgan fingerprint density at radius 1 is 1.27 bits per heavy atom. The van der Waals surface area contributed by atoms with Crippen molar-refractivity contribution in [1.29, 1.82) is 0 Å². The Balaban J connectivity index is 2.29. The van der Waals surface area contributed by atoms with E-state index in [1.807, 2.05) is 29.8 Å². The smallest absolute Gasteiger partial charge is 0.122 e. The van der Waals surface area contributed by atoms with E-state index in [0.29, 0.717) is 0 Å². The van der Waals surface area contributed by atoms with Crippen LogP contribution in [0.5, 0.6) is 0 Å². The molecule has 2 N–H and O–H groups in total. The Labute approximate surface area is 89.5 Å². The summed E-state index contributed by atoms with van der Waals surface area (Å²) >= 11 is 0. The highest BCUT2D eigenvalue weighted by Crippen LogP contribution is 2.12. The average molecular weight is 201 g/mol. The molecule has 0 aliphatic carbocycles. The summed E-state index contributed by atoms with van der Waals surface area (Å²) in [6.45, 7) is 4.79. The lowest BCUT2D eigenvalue weighted by Gasteiger charge is -2.06. The SMILES string of the molecule is Cc1cc(N)n(Cc2ccccc2C)n1. The van der Waals surface area contributed by atoms with Crippen LogP contribution in [-0.2, 0) is 6.54 Å². The number of nitrogens with two attached hydrogens (primary N) is 1. The fraction of sp³-hybridized carbons (Fsp3) is 0.250. The van der Waals surface area contributed by atoms with Crippen molar-refractivity contribution in [3.63, 3.8) is 0 Å². The van der Waals surface area contributed by atoms with Gasteiger partial charge in [0.15, 0.2) is 0 Å². The van der Waals surface area contributed by atoms with Crippen LogP contribution in [0.15, 0.2) is 30.3 Å². The summed E-state index contributed by atoms with van der Waals surface area (Å²) in [5.41, 5.74) is 9.32. The third-order valence-corrected chi connectivity index (χ3v) is 2.51. The minimum absolute atomic E-state index is 0.718. The quantitative estimate of drug-likeness (QED) is 0.808. The van der Waals surface area contributed by atoms with Crippen LogP contribution in [-0.4, -0.2) is 9.78 Å². The van der Waals surface area contributed by atoms with Crippen molar-refractivity contribution in [3.8, 4) is 0 Å². The Morgan fingerprint density at radius 3 is 2.60 bits per heavy atom. The lowest BCUT2D eigenvalue weighted by Crippen LogP contribution is -2.06. The minimum atomic E-state index is 0.718. The highest BCUT2D eigenvalue weighted by atomic mass is 15.3. The van der Waals surface area contributed by atoms with E-state index in [1.165, 1.54) is 11.1 Å². The van der Waals surface area contributed by atoms with Crippen LogP contribution < -0.4 is 5.73 Å². The summed E-state index contributed by atoms with van der Waals surface area (Å²) in [5.74, 6) is 0.718. The van der Waals surface area contributed by atoms with E-state index in [2.05, 4.69) is 24.2 Å². The second kappa shape index (κ2) is 3.77. The zero-order chi connectivity index (χ0) is 10.8. The third kappa shape index (κ3) is 2.01. The summed E-state index contributed by atoms with van der Waals surface area (Å²) in [4.78, 5) is 0. The van der Waals surface area contributed by atoms with Gasteiger partial charge in [0.1, 0.15) is 5.82 Å². The van der Waals surface area contributed by atoms with Gasteiger partial charge in [-0.2, -0.15) is 5.10 Å². The molecule has 1 aromatic heterocycles. The topological polar surface area (TPSA) is 43.8 Å². The van der Waals surface area contributed by atoms with E-state index in [1.54, 1.807) is 0 Å². The summed E-state index contributed by atoms with van der Waals surface area (Å²) in [6, 6.07) is 10.2. The first kappa shape index (κ1) is 9.77. The standard InChI is InChI=1S/C12H15N3/c1-9-5-3-4-6-11(9)8-15-12(13)7-10(2)14-15/h3-7H,8,13H2,1-2H3. The molecule has 78 valence electrons. The van der Waals surface area contributed by atoms with Crippen LogP contribution in [0, 0.1) is 13.8 Å². The molecule has 3 nitrogen and oxygen atoms in total. The highest BCUT2D eigenvalue weighted by Gasteiger charge is 2.03. The van der Waals surface area contributed by atoms with Gasteiger partial charge in [-0.05, 0) is 25.0 Å². The van der Waals surface area contributed by atoms with Crippen LogP contribution in [0.2, 0.25) is 0 Å². The molecule has 2 aromatic rings. The van der Waals surface area contributed by atoms with Gasteiger partial charge in [-0.15, -0.1) is 0 Å². The molecule has 0 atom stereocenters. The van der Waals surface area contributed by atoms with Gasteiger partial charge >= 0.3 is 0 Å². The molecule has 0 saturated carbocycles. The molecule has 2 rings (SSSR count). The second-order valence-corrected chi connectivity index (χ2v) is 3.79. The molecule has 3 heteroatoms. The molecular weight excluding hydrogens is 186 g/mol. The van der Waals surface area contributed by atoms with Gasteiger partial charge in [-0.25, -0.2) is 4.68 Å². The van der Waals surface area contributed by atoms with Crippen molar-refractivity contribution in [2.24, 2.45) is 0 Å². The Bertz CT molecular complexity index is 471. The second-order valence-electron chi connectivity index (χ2n) is 3.79. The van der Waals surface area contributed by atoms with Crippen molar-refractivity contribution >= 4 is 5.82 Å². The molecule has 0 fully saturated rings. The largest absolute Gasteiger partial charge is 0.384 e. The molecule has 1 aromatic carbocycles. The number of anilines is 1. The van der Waals surface area contributed by atoms with E-state index in [-0.39, 0.29) is 0 Å². The van der Waals surface area contributed by atoms with Gasteiger partial charge in [0.05, 0.1) is 12.2 Å². The van der Waals surface area contributed by atoms with Crippen LogP contribution in [0.25, 0.3) is 0 Å². The molecular formula is C12H15N3. The van der Waals surface area contributed by atoms with Crippen molar-refractivity contribution in [2.45, 2.75) is 20.4 Å². The summed E-state index contributed by atoms with van der Waals surface area (Å²) < 4.78 is 1.83. The van der Waals surface area contributed by atoms with Gasteiger partial charge in [0.25, 0.3) is 0 Å². The van der Waals surface area contributed by atoms with E-state index in [4.69, 9.17) is 5.73 Å². The zero-order valence-electron chi connectivity index (χ0n) is 9.07. The highest BCUT2D eigenvalue weighted by molar-refractivity contribution is 5.33. The van der Waals surface area contributed by atoms with Crippen LogP contribution in [0.1, 0.15) is 16.8 Å². The molecule has 0 radical (unpaired) electrons. The molecule has 0 saturated heterocycles. The van der Waals surface area contributed by atoms with E-state index in [9.17, 15) is 0 Å². The van der Waals surface area contributed by atoms with Crippen LogP contribution >= 0.6 is 0 Å². The molecule has 1 heterocycles. The number of hydrogen-bond acceptors (Lipinski definition) is 2. The van der Waals surface area contributed by atoms with Crippen molar-refractivity contribution in [3.05, 3.63) is 47.2 Å². The number of aryl methyl sites for hydroxylation is 2. The lowest BCUT2D eigenvalue weighted by molar-refractivity contribution is 0.686. The molecule has 0 unspecified atom stereocenters. The predicted molar refractivity (Wildman–Crippen MR) is 61.7 cm³/mol. The van der Waals surface area contributed by atoms with Gasteiger partial charge in [0, 0.05) is 6.07 Å². The molecule has 0 spiro atoms. The van der Waals surface area contributed by atoms with Crippen LogP contribution in [0.3, 0.4) is 0 Å². The number of rotatable bonds is 2. The maximum Gasteiger partial charge on any atom is 0.122 e. The maximum atomic E-state index is 5.84. The molecule has 0 amide bonds. The maximum absolute atomic E-state index is 5.84. The fourth-order valence-corrected chi connectivity index (χ4v) is 1.64. The molecule has 0 aliphatic rings. The van der Waals surface area contributed by atoms with E-state index < -0.39 is 0 Å². The van der Waals surface area contributed by atoms with Gasteiger partial charge in [0.2, 0.25) is 0 Å². The van der Waals surface area contributed by atoms with E-state index >= 15 is 0 Å². The van der Waals surface area contributed by atoms with Crippen LogP contribution in [0.4, 0.5) is 5.82 Å². The normalized spacial score (nSPS) is 10.5. The number of benzene rings is 1. The number of nitrogen functional groups attached to an aromatic ring is 1. The van der Waals surface area contributed by atoms with Crippen molar-refractivity contribution in [2.75, 3.05) is 5.73 Å². The number of hydrogen-bond donors (Lipinski definition) is 1. The first-order valence-corrected chi connectivity index (χ1v) is 5.01. The number of nitrogens with zero attached hydrogens (tertiary/aromatic N) is 2. The lowest BCUT2D eigenvalue weighted by atomic mass is 10.1. The van der Waals surface area contributed by atoms with Crippen molar-refractivity contribution in [1.82, 2.24) is 9.78 Å². The summed E-state index contributed by atoms with van der Waals surface area (Å²) in [5, 5.41) is 4.34. The predicted octanol–water partition coefficient (Wildman–Crippen LogP) is 2.13. The summed E-state index contributed by atoms with van der Waals surface area (Å²) in [7, 11) is 0. The summed E-state index contributed by atoms with van der Waals surface area (Å²) in [6.07, 6.45) is 0. The first-order chi connectivity index (χ1) is 7.16. The minimum Gasteiger partial charge on any atom is -0.384 e. The van der Waals surface area contributed by atoms with E-state index in [0.717, 1.165) is 18.1 Å². The molecule has 0 aliphatic heterocycles. The first-order valence-electron chi connectivity index (χ1n) is 5.01. The molecule has 0 bridgehead atoms. The van der Waals surface area contributed by atoms with Gasteiger partial charge in [-0.3, -0.25) is 0 Å². The fourth-order valence-electron chi connectivity index (χ4n) is 1.64. The Kier molecular flexibility index (Phi) is 2.46. The Morgan fingerprint density at radius 2 is 2.00 bits per heavy atom. The van der Waals surface area contributed by atoms with Gasteiger partial charge in [-0.1, -0.05) is 24.3 Å².